The Morgan fingerprint density at radius 2 is 2.11 bits per heavy atom. The van der Waals surface area contributed by atoms with Gasteiger partial charge < -0.3 is 21.1 Å². The molecule has 0 radical (unpaired) electrons. The number of hydrogen-bond donors (Lipinski definition) is 4. The van der Waals surface area contributed by atoms with E-state index in [0.29, 0.717) is 10.8 Å². The zero-order chi connectivity index (χ0) is 20.2. The van der Waals surface area contributed by atoms with Gasteiger partial charge in [0, 0.05) is 18.6 Å². The Bertz CT molecular complexity index is 840. The number of alkyl halides is 1. The third kappa shape index (κ3) is 5.59. The maximum atomic E-state index is 13.8. The zero-order valence-corrected chi connectivity index (χ0v) is 16.4. The summed E-state index contributed by atoms with van der Waals surface area (Å²) >= 11 is 7.06. The summed E-state index contributed by atoms with van der Waals surface area (Å²) in [5.74, 6) is -0.942. The summed E-state index contributed by atoms with van der Waals surface area (Å²) in [4.78, 5) is 32.0. The molecular weight excluding hydrogens is 397 g/mol. The van der Waals surface area contributed by atoms with Crippen LogP contribution in [0.25, 0.3) is 0 Å². The molecule has 146 valence electrons. The molecule has 2 aromatic heterocycles. The number of rotatable bonds is 7. The van der Waals surface area contributed by atoms with Crippen molar-refractivity contribution in [2.75, 3.05) is 18.9 Å². The second-order valence-corrected chi connectivity index (χ2v) is 7.37. The molecule has 0 saturated heterocycles. The van der Waals surface area contributed by atoms with Gasteiger partial charge in [0.15, 0.2) is 5.13 Å². The van der Waals surface area contributed by atoms with Crippen LogP contribution < -0.4 is 16.0 Å². The van der Waals surface area contributed by atoms with Gasteiger partial charge in [-0.2, -0.15) is 0 Å². The molecule has 2 rings (SSSR count). The van der Waals surface area contributed by atoms with Crippen molar-refractivity contribution in [3.05, 3.63) is 34.1 Å². The highest BCUT2D eigenvalue weighted by Gasteiger charge is 2.27. The Balaban J connectivity index is 2.18. The van der Waals surface area contributed by atoms with Gasteiger partial charge in [-0.05, 0) is 19.9 Å². The summed E-state index contributed by atoms with van der Waals surface area (Å²) in [6, 6.07) is 1.42. The third-order valence-electron chi connectivity index (χ3n) is 3.53. The number of thiazole rings is 1. The summed E-state index contributed by atoms with van der Waals surface area (Å²) in [6.45, 7) is 2.25. The van der Waals surface area contributed by atoms with E-state index < -0.39 is 17.7 Å². The first-order valence-electron chi connectivity index (χ1n) is 7.86. The number of aliphatic hydroxyl groups is 1. The lowest BCUT2D eigenvalue weighted by Gasteiger charge is -2.22. The average molecular weight is 416 g/mol. The highest BCUT2D eigenvalue weighted by Crippen LogP contribution is 2.25. The Morgan fingerprint density at radius 1 is 1.41 bits per heavy atom. The SMILES string of the molecule is CNC(=O)c1csc(Nc2cc(Cl)ncc2C(=O)NC[C@@H](F)C(C)(C)O)n1. The van der Waals surface area contributed by atoms with Crippen LogP contribution in [-0.2, 0) is 0 Å². The molecule has 0 aromatic carbocycles. The quantitative estimate of drug-likeness (QED) is 0.515. The smallest absolute Gasteiger partial charge is 0.270 e. The number of carbonyl (C=O) groups excluding carboxylic acids is 2. The standard InChI is InChI=1S/C16H19ClFN5O3S/c1-16(2,26)11(18)6-21-13(24)8-5-20-12(17)4-9(8)22-15-23-10(7-27-15)14(25)19-3/h4-5,7,11,26H,6H2,1-3H3,(H,19,25)(H,21,24)(H,20,22,23)/t11-/m1/s1. The van der Waals surface area contributed by atoms with Crippen LogP contribution in [0.4, 0.5) is 15.2 Å². The Kier molecular flexibility index (Phi) is 6.68. The van der Waals surface area contributed by atoms with Gasteiger partial charge in [-0.3, -0.25) is 9.59 Å². The highest BCUT2D eigenvalue weighted by atomic mass is 35.5. The van der Waals surface area contributed by atoms with Gasteiger partial charge in [0.2, 0.25) is 0 Å². The van der Waals surface area contributed by atoms with E-state index in [1.165, 1.54) is 33.2 Å². The van der Waals surface area contributed by atoms with Crippen molar-refractivity contribution >= 4 is 45.6 Å². The number of carbonyl (C=O) groups is 2. The highest BCUT2D eigenvalue weighted by molar-refractivity contribution is 7.14. The van der Waals surface area contributed by atoms with Crippen LogP contribution in [0.2, 0.25) is 5.15 Å². The van der Waals surface area contributed by atoms with Gasteiger partial charge in [-0.15, -0.1) is 11.3 Å². The van der Waals surface area contributed by atoms with Crippen LogP contribution in [0.1, 0.15) is 34.7 Å². The number of amides is 2. The van der Waals surface area contributed by atoms with Crippen LogP contribution in [0, 0.1) is 0 Å². The lowest BCUT2D eigenvalue weighted by Crippen LogP contribution is -2.42. The summed E-state index contributed by atoms with van der Waals surface area (Å²) in [5, 5.41) is 19.5. The van der Waals surface area contributed by atoms with Crippen molar-refractivity contribution in [1.29, 1.82) is 0 Å². The van der Waals surface area contributed by atoms with Crippen LogP contribution in [0.5, 0.6) is 0 Å². The van der Waals surface area contributed by atoms with Gasteiger partial charge in [0.25, 0.3) is 11.8 Å². The van der Waals surface area contributed by atoms with Crippen molar-refractivity contribution in [1.82, 2.24) is 20.6 Å². The van der Waals surface area contributed by atoms with Crippen LogP contribution in [0.3, 0.4) is 0 Å². The third-order valence-corrected chi connectivity index (χ3v) is 4.49. The maximum Gasteiger partial charge on any atom is 0.270 e. The molecule has 0 fully saturated rings. The van der Waals surface area contributed by atoms with E-state index in [4.69, 9.17) is 11.6 Å². The minimum Gasteiger partial charge on any atom is -0.387 e. The molecule has 11 heteroatoms. The second kappa shape index (κ2) is 8.59. The van der Waals surface area contributed by atoms with Crippen molar-refractivity contribution in [2.24, 2.45) is 0 Å². The molecule has 4 N–H and O–H groups in total. The fourth-order valence-corrected chi connectivity index (χ4v) is 2.78. The number of anilines is 2. The van der Waals surface area contributed by atoms with E-state index in [2.05, 4.69) is 25.9 Å². The Hall–Kier alpha value is -2.30. The average Bonchev–Trinajstić information content (AvgIpc) is 3.06. The van der Waals surface area contributed by atoms with Gasteiger partial charge in [-0.1, -0.05) is 11.6 Å². The van der Waals surface area contributed by atoms with Gasteiger partial charge >= 0.3 is 0 Å². The van der Waals surface area contributed by atoms with Crippen molar-refractivity contribution < 1.29 is 19.1 Å². The minimum absolute atomic E-state index is 0.110. The zero-order valence-electron chi connectivity index (χ0n) is 14.8. The van der Waals surface area contributed by atoms with Gasteiger partial charge in [0.05, 0.1) is 23.4 Å². The lowest BCUT2D eigenvalue weighted by atomic mass is 10.0. The molecule has 2 heterocycles. The molecule has 2 amide bonds. The lowest BCUT2D eigenvalue weighted by molar-refractivity contribution is -0.00177. The molecule has 0 spiro atoms. The molecule has 0 saturated carbocycles. The number of hydrogen-bond acceptors (Lipinski definition) is 7. The molecule has 0 bridgehead atoms. The fourth-order valence-electron chi connectivity index (χ4n) is 1.92. The summed E-state index contributed by atoms with van der Waals surface area (Å²) in [6.07, 6.45) is -0.405. The Morgan fingerprint density at radius 3 is 2.74 bits per heavy atom. The molecule has 0 unspecified atom stereocenters. The molecular formula is C16H19ClFN5O3S. The molecule has 27 heavy (non-hydrogen) atoms. The normalized spacial score (nSPS) is 12.4. The second-order valence-electron chi connectivity index (χ2n) is 6.13. The van der Waals surface area contributed by atoms with Crippen molar-refractivity contribution in [2.45, 2.75) is 25.6 Å². The van der Waals surface area contributed by atoms with E-state index in [1.54, 1.807) is 5.38 Å². The predicted molar refractivity (Wildman–Crippen MR) is 102 cm³/mol. The molecule has 0 aliphatic heterocycles. The predicted octanol–water partition coefficient (Wildman–Crippen LogP) is 2.13. The van der Waals surface area contributed by atoms with Gasteiger partial charge in [0.1, 0.15) is 17.0 Å². The maximum absolute atomic E-state index is 13.8. The number of aromatic nitrogens is 2. The van der Waals surface area contributed by atoms with Crippen LogP contribution in [-0.4, -0.2) is 52.3 Å². The number of nitrogens with one attached hydrogen (secondary N) is 3. The van der Waals surface area contributed by atoms with Crippen LogP contribution >= 0.6 is 22.9 Å². The molecule has 2 aromatic rings. The number of halogens is 2. The topological polar surface area (TPSA) is 116 Å². The van der Waals surface area contributed by atoms with E-state index >= 15 is 0 Å². The summed E-state index contributed by atoms with van der Waals surface area (Å²) in [7, 11) is 1.49. The molecule has 0 aliphatic carbocycles. The van der Waals surface area contributed by atoms with E-state index in [1.807, 2.05) is 0 Å². The monoisotopic (exact) mass is 415 g/mol. The number of pyridine rings is 1. The molecule has 0 aliphatic rings. The van der Waals surface area contributed by atoms with E-state index in [-0.39, 0.29) is 28.9 Å². The Labute approximate surface area is 164 Å². The van der Waals surface area contributed by atoms with Crippen LogP contribution in [0.15, 0.2) is 17.6 Å². The van der Waals surface area contributed by atoms with Crippen molar-refractivity contribution in [3.8, 4) is 0 Å². The van der Waals surface area contributed by atoms with Crippen molar-refractivity contribution in [3.63, 3.8) is 0 Å². The minimum atomic E-state index is -1.65. The summed E-state index contributed by atoms with van der Waals surface area (Å²) in [5.41, 5.74) is -0.950. The molecule has 8 nitrogen and oxygen atoms in total. The first-order valence-corrected chi connectivity index (χ1v) is 9.12. The van der Waals surface area contributed by atoms with E-state index in [0.717, 1.165) is 11.3 Å². The largest absolute Gasteiger partial charge is 0.387 e. The summed E-state index contributed by atoms with van der Waals surface area (Å²) < 4.78 is 13.8. The van der Waals surface area contributed by atoms with Gasteiger partial charge in [-0.25, -0.2) is 14.4 Å². The first kappa shape index (κ1) is 21.0. The fraction of sp³-hybridized carbons (Fsp3) is 0.375. The van der Waals surface area contributed by atoms with E-state index in [9.17, 15) is 19.1 Å². The molecule has 1 atom stereocenters. The first-order chi connectivity index (χ1) is 12.6. The number of nitrogens with zero attached hydrogens (tertiary/aromatic N) is 2.